The molecule has 1 N–H and O–H groups in total. The summed E-state index contributed by atoms with van der Waals surface area (Å²) in [6.45, 7) is 1.49. The first-order valence-electron chi connectivity index (χ1n) is 6.59. The van der Waals surface area contributed by atoms with Gasteiger partial charge in [0.05, 0.1) is 0 Å². The van der Waals surface area contributed by atoms with Gasteiger partial charge in [0.2, 0.25) is 10.1 Å². The van der Waals surface area contributed by atoms with E-state index in [1.165, 1.54) is 0 Å². The Kier molecular flexibility index (Phi) is 4.14. The van der Waals surface area contributed by atoms with Crippen molar-refractivity contribution < 1.29 is 13.2 Å². The SMILES string of the molecule is FC(F)(F)c1nnc(NC2CCN(c3cccc(Cl)c3)C2)s1. The molecule has 1 unspecified atom stereocenters. The maximum absolute atomic E-state index is 12.5. The summed E-state index contributed by atoms with van der Waals surface area (Å²) in [5.41, 5.74) is 1.00. The van der Waals surface area contributed by atoms with Crippen molar-refractivity contribution in [3.63, 3.8) is 0 Å². The molecule has 0 bridgehead atoms. The maximum atomic E-state index is 12.5. The molecule has 3 rings (SSSR count). The average molecular weight is 349 g/mol. The van der Waals surface area contributed by atoms with Crippen LogP contribution in [0.2, 0.25) is 5.02 Å². The Labute approximate surface area is 133 Å². The molecule has 22 heavy (non-hydrogen) atoms. The van der Waals surface area contributed by atoms with Crippen molar-refractivity contribution >= 4 is 33.8 Å². The van der Waals surface area contributed by atoms with Crippen molar-refractivity contribution in [3.05, 3.63) is 34.3 Å². The van der Waals surface area contributed by atoms with Gasteiger partial charge in [-0.2, -0.15) is 13.2 Å². The molecule has 1 aromatic heterocycles. The number of nitrogens with zero attached hydrogens (tertiary/aromatic N) is 3. The Morgan fingerprint density at radius 3 is 2.82 bits per heavy atom. The maximum Gasteiger partial charge on any atom is 0.445 e. The predicted molar refractivity (Wildman–Crippen MR) is 80.6 cm³/mol. The molecule has 1 aliphatic rings. The van der Waals surface area contributed by atoms with Crippen molar-refractivity contribution in [3.8, 4) is 0 Å². The molecule has 118 valence electrons. The van der Waals surface area contributed by atoms with Crippen molar-refractivity contribution in [2.45, 2.75) is 18.6 Å². The highest BCUT2D eigenvalue weighted by atomic mass is 35.5. The third-order valence-electron chi connectivity index (χ3n) is 3.36. The van der Waals surface area contributed by atoms with E-state index in [4.69, 9.17) is 11.6 Å². The lowest BCUT2D eigenvalue weighted by Gasteiger charge is -2.19. The summed E-state index contributed by atoms with van der Waals surface area (Å²) < 4.78 is 37.5. The standard InChI is InChI=1S/C13H12ClF3N4S/c14-8-2-1-3-10(6-8)21-5-4-9(7-21)18-12-20-19-11(22-12)13(15,16)17/h1-3,6,9H,4-5,7H2,(H,18,20). The monoisotopic (exact) mass is 348 g/mol. The lowest BCUT2D eigenvalue weighted by molar-refractivity contribution is -0.138. The Balaban J connectivity index is 1.62. The zero-order valence-corrected chi connectivity index (χ0v) is 12.8. The Morgan fingerprint density at radius 1 is 1.32 bits per heavy atom. The largest absolute Gasteiger partial charge is 0.445 e. The van der Waals surface area contributed by atoms with Gasteiger partial charge in [0, 0.05) is 29.8 Å². The molecule has 1 fully saturated rings. The molecule has 0 radical (unpaired) electrons. The third-order valence-corrected chi connectivity index (χ3v) is 4.49. The van der Waals surface area contributed by atoms with Crippen molar-refractivity contribution in [2.75, 3.05) is 23.3 Å². The smallest absolute Gasteiger partial charge is 0.369 e. The van der Waals surface area contributed by atoms with Crippen LogP contribution in [0.15, 0.2) is 24.3 Å². The molecule has 1 atom stereocenters. The third kappa shape index (κ3) is 3.44. The minimum atomic E-state index is -4.44. The fraction of sp³-hybridized carbons (Fsp3) is 0.385. The molecule has 2 heterocycles. The van der Waals surface area contributed by atoms with Crippen LogP contribution in [0.3, 0.4) is 0 Å². The molecule has 4 nitrogen and oxygen atoms in total. The zero-order valence-electron chi connectivity index (χ0n) is 11.3. The summed E-state index contributed by atoms with van der Waals surface area (Å²) in [6.07, 6.45) is -3.63. The van der Waals surface area contributed by atoms with E-state index >= 15 is 0 Å². The van der Waals surface area contributed by atoms with Crippen LogP contribution in [0.1, 0.15) is 11.4 Å². The Morgan fingerprint density at radius 2 is 2.14 bits per heavy atom. The van der Waals surface area contributed by atoms with Crippen molar-refractivity contribution in [1.82, 2.24) is 10.2 Å². The Hall–Kier alpha value is -1.54. The van der Waals surface area contributed by atoms with Crippen molar-refractivity contribution in [2.24, 2.45) is 0 Å². The Bertz CT molecular complexity index is 661. The number of hydrogen-bond donors (Lipinski definition) is 1. The molecule has 0 spiro atoms. The second kappa shape index (κ2) is 5.92. The van der Waals surface area contributed by atoms with E-state index in [9.17, 15) is 13.2 Å². The van der Waals surface area contributed by atoms with E-state index in [-0.39, 0.29) is 11.2 Å². The number of anilines is 2. The van der Waals surface area contributed by atoms with Gasteiger partial charge < -0.3 is 10.2 Å². The van der Waals surface area contributed by atoms with Crippen LogP contribution >= 0.6 is 22.9 Å². The van der Waals surface area contributed by atoms with Gasteiger partial charge in [0.1, 0.15) is 0 Å². The summed E-state index contributed by atoms with van der Waals surface area (Å²) in [6, 6.07) is 7.54. The highest BCUT2D eigenvalue weighted by molar-refractivity contribution is 7.15. The van der Waals surface area contributed by atoms with Gasteiger partial charge in [-0.3, -0.25) is 0 Å². The van der Waals surface area contributed by atoms with E-state index in [0.29, 0.717) is 22.9 Å². The summed E-state index contributed by atoms with van der Waals surface area (Å²) in [5, 5.41) is 9.67. The number of rotatable bonds is 3. The van der Waals surface area contributed by atoms with E-state index < -0.39 is 11.2 Å². The molecule has 0 saturated carbocycles. The molecule has 2 aromatic rings. The fourth-order valence-corrected chi connectivity index (χ4v) is 3.23. The molecular weight excluding hydrogens is 337 g/mol. The average Bonchev–Trinajstić information content (AvgIpc) is 3.08. The topological polar surface area (TPSA) is 41.1 Å². The van der Waals surface area contributed by atoms with Crippen LogP contribution in [-0.4, -0.2) is 29.3 Å². The number of nitrogens with one attached hydrogen (secondary N) is 1. The number of alkyl halides is 3. The second-order valence-electron chi connectivity index (χ2n) is 4.97. The lowest BCUT2D eigenvalue weighted by atomic mass is 10.3. The summed E-state index contributed by atoms with van der Waals surface area (Å²) >= 11 is 6.50. The van der Waals surface area contributed by atoms with E-state index in [2.05, 4.69) is 20.4 Å². The lowest BCUT2D eigenvalue weighted by Crippen LogP contribution is -2.25. The quantitative estimate of drug-likeness (QED) is 0.913. The number of aromatic nitrogens is 2. The molecule has 0 aliphatic carbocycles. The van der Waals surface area contributed by atoms with E-state index in [0.717, 1.165) is 18.7 Å². The normalized spacial score (nSPS) is 18.7. The van der Waals surface area contributed by atoms with Gasteiger partial charge >= 0.3 is 6.18 Å². The molecule has 0 amide bonds. The van der Waals surface area contributed by atoms with Gasteiger partial charge in [-0.25, -0.2) is 0 Å². The van der Waals surface area contributed by atoms with E-state index in [1.807, 2.05) is 18.2 Å². The van der Waals surface area contributed by atoms with Gasteiger partial charge in [0.15, 0.2) is 0 Å². The number of halogens is 4. The molecule has 1 aromatic carbocycles. The van der Waals surface area contributed by atoms with Crippen LogP contribution in [0.5, 0.6) is 0 Å². The number of benzene rings is 1. The van der Waals surface area contributed by atoms with Crippen LogP contribution in [-0.2, 0) is 6.18 Å². The zero-order chi connectivity index (χ0) is 15.7. The molecule has 9 heteroatoms. The first-order valence-corrected chi connectivity index (χ1v) is 7.79. The predicted octanol–water partition coefficient (Wildman–Crippen LogP) is 3.90. The highest BCUT2D eigenvalue weighted by Gasteiger charge is 2.36. The number of hydrogen-bond acceptors (Lipinski definition) is 5. The summed E-state index contributed by atoms with van der Waals surface area (Å²) in [5.74, 6) is 0. The summed E-state index contributed by atoms with van der Waals surface area (Å²) in [4.78, 5) is 2.13. The van der Waals surface area contributed by atoms with Gasteiger partial charge in [-0.05, 0) is 24.6 Å². The van der Waals surface area contributed by atoms with E-state index in [1.54, 1.807) is 6.07 Å². The summed E-state index contributed by atoms with van der Waals surface area (Å²) in [7, 11) is 0. The minimum Gasteiger partial charge on any atom is -0.369 e. The van der Waals surface area contributed by atoms with Crippen molar-refractivity contribution in [1.29, 1.82) is 0 Å². The molecular formula is C13H12ClF3N4S. The molecule has 1 saturated heterocycles. The van der Waals surface area contributed by atoms with Crippen LogP contribution in [0.4, 0.5) is 24.0 Å². The van der Waals surface area contributed by atoms with Gasteiger partial charge in [-0.1, -0.05) is 29.0 Å². The van der Waals surface area contributed by atoms with Crippen LogP contribution < -0.4 is 10.2 Å². The fourth-order valence-electron chi connectivity index (χ4n) is 2.36. The van der Waals surface area contributed by atoms with Gasteiger partial charge in [-0.15, -0.1) is 10.2 Å². The molecule has 1 aliphatic heterocycles. The van der Waals surface area contributed by atoms with Gasteiger partial charge in [0.25, 0.3) is 0 Å². The minimum absolute atomic E-state index is 0.0352. The van der Waals surface area contributed by atoms with Crippen LogP contribution in [0, 0.1) is 0 Å². The highest BCUT2D eigenvalue weighted by Crippen LogP contribution is 2.33. The van der Waals surface area contributed by atoms with Crippen LogP contribution in [0.25, 0.3) is 0 Å². The first-order chi connectivity index (χ1) is 10.4. The second-order valence-corrected chi connectivity index (χ2v) is 6.38. The first kappa shape index (κ1) is 15.4.